The Kier molecular flexibility index (Phi) is 3.53. The molecule has 1 atom stereocenters. The number of nitrogens with zero attached hydrogens (tertiary/aromatic N) is 3. The molecule has 19 heavy (non-hydrogen) atoms. The molecule has 1 fully saturated rings. The van der Waals surface area contributed by atoms with Gasteiger partial charge in [-0.05, 0) is 25.6 Å². The van der Waals surface area contributed by atoms with E-state index >= 15 is 0 Å². The summed E-state index contributed by atoms with van der Waals surface area (Å²) in [5, 5.41) is 0. The third kappa shape index (κ3) is 2.65. The molecule has 1 saturated heterocycles. The first-order valence-electron chi connectivity index (χ1n) is 7.07. The molecule has 0 saturated carbocycles. The second-order valence-corrected chi connectivity index (χ2v) is 5.29. The van der Waals surface area contributed by atoms with Crippen LogP contribution < -0.4 is 0 Å². The van der Waals surface area contributed by atoms with E-state index in [9.17, 15) is 0 Å². The molecule has 1 aliphatic heterocycles. The summed E-state index contributed by atoms with van der Waals surface area (Å²) < 4.78 is 5.81. The van der Waals surface area contributed by atoms with E-state index < -0.39 is 0 Å². The predicted molar refractivity (Wildman–Crippen MR) is 76.0 cm³/mol. The second-order valence-electron chi connectivity index (χ2n) is 5.29. The van der Waals surface area contributed by atoms with Gasteiger partial charge in [-0.2, -0.15) is 0 Å². The molecule has 102 valence electrons. The Morgan fingerprint density at radius 2 is 2.16 bits per heavy atom. The summed E-state index contributed by atoms with van der Waals surface area (Å²) in [6.45, 7) is 9.83. The van der Waals surface area contributed by atoms with E-state index in [1.54, 1.807) is 0 Å². The van der Waals surface area contributed by atoms with E-state index in [1.165, 1.54) is 0 Å². The molecule has 1 aliphatic rings. The number of hydrogen-bond donors (Lipinski definition) is 0. The van der Waals surface area contributed by atoms with Crippen molar-refractivity contribution < 1.29 is 4.42 Å². The zero-order chi connectivity index (χ0) is 13.2. The Labute approximate surface area is 114 Å². The molecule has 0 radical (unpaired) electrons. The Morgan fingerprint density at radius 1 is 1.32 bits per heavy atom. The molecule has 0 amide bonds. The molecule has 0 spiro atoms. The normalized spacial score (nSPS) is 22.1. The van der Waals surface area contributed by atoms with Crippen LogP contribution in [0.4, 0.5) is 0 Å². The van der Waals surface area contributed by atoms with Crippen molar-refractivity contribution >= 4 is 11.1 Å². The fraction of sp³-hybridized carbons (Fsp3) is 0.533. The van der Waals surface area contributed by atoms with Gasteiger partial charge in [-0.15, -0.1) is 0 Å². The van der Waals surface area contributed by atoms with Crippen LogP contribution in [0.1, 0.15) is 19.7 Å². The van der Waals surface area contributed by atoms with Gasteiger partial charge in [0.15, 0.2) is 5.58 Å². The fourth-order valence-corrected chi connectivity index (χ4v) is 2.75. The molecule has 2 aromatic rings. The number of benzene rings is 1. The maximum absolute atomic E-state index is 5.81. The van der Waals surface area contributed by atoms with Crippen LogP contribution in [-0.4, -0.2) is 47.0 Å². The lowest BCUT2D eigenvalue weighted by atomic mass is 10.2. The Morgan fingerprint density at radius 3 is 2.89 bits per heavy atom. The molecule has 2 heterocycles. The van der Waals surface area contributed by atoms with Crippen molar-refractivity contribution in [3.05, 3.63) is 30.2 Å². The van der Waals surface area contributed by atoms with E-state index in [0.29, 0.717) is 6.04 Å². The van der Waals surface area contributed by atoms with Crippen molar-refractivity contribution in [1.82, 2.24) is 14.8 Å². The van der Waals surface area contributed by atoms with Crippen LogP contribution in [0.25, 0.3) is 11.1 Å². The van der Waals surface area contributed by atoms with Crippen LogP contribution in [0.3, 0.4) is 0 Å². The van der Waals surface area contributed by atoms with Gasteiger partial charge < -0.3 is 9.32 Å². The van der Waals surface area contributed by atoms with Crippen molar-refractivity contribution in [3.63, 3.8) is 0 Å². The molecule has 3 rings (SSSR count). The number of rotatable bonds is 3. The predicted octanol–water partition coefficient (Wildman–Crippen LogP) is 2.35. The summed E-state index contributed by atoms with van der Waals surface area (Å²) in [7, 11) is 0. The first-order valence-corrected chi connectivity index (χ1v) is 7.07. The molecular formula is C15H21N3O. The van der Waals surface area contributed by atoms with Crippen LogP contribution in [0.15, 0.2) is 28.7 Å². The van der Waals surface area contributed by atoms with Crippen LogP contribution in [0, 0.1) is 0 Å². The number of para-hydroxylation sites is 2. The van der Waals surface area contributed by atoms with Gasteiger partial charge in [0.25, 0.3) is 0 Å². The van der Waals surface area contributed by atoms with E-state index in [2.05, 4.69) is 28.6 Å². The molecule has 4 nitrogen and oxygen atoms in total. The zero-order valence-corrected chi connectivity index (χ0v) is 11.7. The van der Waals surface area contributed by atoms with Gasteiger partial charge in [-0.3, -0.25) is 4.90 Å². The summed E-state index contributed by atoms with van der Waals surface area (Å²) >= 11 is 0. The quantitative estimate of drug-likeness (QED) is 0.847. The summed E-state index contributed by atoms with van der Waals surface area (Å²) in [5.74, 6) is 0.831. The smallest absolute Gasteiger partial charge is 0.209 e. The Bertz CT molecular complexity index is 518. The minimum atomic E-state index is 0.559. The minimum absolute atomic E-state index is 0.559. The number of piperazine rings is 1. The van der Waals surface area contributed by atoms with Gasteiger partial charge in [0.2, 0.25) is 5.89 Å². The fourth-order valence-electron chi connectivity index (χ4n) is 2.75. The van der Waals surface area contributed by atoms with Crippen LogP contribution in [-0.2, 0) is 6.54 Å². The Balaban J connectivity index is 1.71. The first kappa shape index (κ1) is 12.6. The average Bonchev–Trinajstić information content (AvgIpc) is 2.83. The summed E-state index contributed by atoms with van der Waals surface area (Å²) in [6.07, 6.45) is 0. The lowest BCUT2D eigenvalue weighted by Gasteiger charge is -2.38. The lowest BCUT2D eigenvalue weighted by Crippen LogP contribution is -2.51. The average molecular weight is 259 g/mol. The number of oxazole rings is 1. The van der Waals surface area contributed by atoms with Crippen LogP contribution >= 0.6 is 0 Å². The third-order valence-corrected chi connectivity index (χ3v) is 3.97. The largest absolute Gasteiger partial charge is 0.439 e. The lowest BCUT2D eigenvalue weighted by molar-refractivity contribution is 0.0747. The van der Waals surface area contributed by atoms with Gasteiger partial charge in [0.1, 0.15) is 5.52 Å². The van der Waals surface area contributed by atoms with Crippen molar-refractivity contribution in [2.75, 3.05) is 26.2 Å². The van der Waals surface area contributed by atoms with Gasteiger partial charge in [-0.1, -0.05) is 19.1 Å². The van der Waals surface area contributed by atoms with Crippen molar-refractivity contribution in [2.45, 2.75) is 26.4 Å². The molecule has 0 N–H and O–H groups in total. The molecule has 0 bridgehead atoms. The Hall–Kier alpha value is -1.39. The summed E-state index contributed by atoms with van der Waals surface area (Å²) in [6, 6.07) is 8.52. The molecular weight excluding hydrogens is 238 g/mol. The van der Waals surface area contributed by atoms with Gasteiger partial charge >= 0.3 is 0 Å². The number of aromatic nitrogens is 1. The zero-order valence-electron chi connectivity index (χ0n) is 11.7. The number of hydrogen-bond acceptors (Lipinski definition) is 4. The molecule has 4 heteroatoms. The van der Waals surface area contributed by atoms with E-state index in [-0.39, 0.29) is 0 Å². The van der Waals surface area contributed by atoms with Gasteiger partial charge in [0.05, 0.1) is 6.54 Å². The molecule has 1 aromatic heterocycles. The molecule has 0 unspecified atom stereocenters. The van der Waals surface area contributed by atoms with Crippen molar-refractivity contribution in [2.24, 2.45) is 0 Å². The van der Waals surface area contributed by atoms with Crippen molar-refractivity contribution in [1.29, 1.82) is 0 Å². The standard InChI is InChI=1S/C15H21N3O/c1-3-17-8-9-18(12(2)10-17)11-15-16-13-6-4-5-7-14(13)19-15/h4-7,12H,3,8-11H2,1-2H3/t12-/m0/s1. The third-order valence-electron chi connectivity index (χ3n) is 3.97. The van der Waals surface area contributed by atoms with E-state index in [0.717, 1.165) is 49.7 Å². The maximum Gasteiger partial charge on any atom is 0.209 e. The summed E-state index contributed by atoms with van der Waals surface area (Å²) in [4.78, 5) is 9.51. The second kappa shape index (κ2) is 5.31. The highest BCUT2D eigenvalue weighted by atomic mass is 16.3. The number of likely N-dealkylation sites (N-methyl/N-ethyl adjacent to an activating group) is 1. The van der Waals surface area contributed by atoms with Crippen molar-refractivity contribution in [3.8, 4) is 0 Å². The van der Waals surface area contributed by atoms with Gasteiger partial charge in [0, 0.05) is 25.7 Å². The monoisotopic (exact) mass is 259 g/mol. The van der Waals surface area contributed by atoms with Crippen LogP contribution in [0.2, 0.25) is 0 Å². The molecule has 1 aromatic carbocycles. The SMILES string of the molecule is CCN1CCN(Cc2nc3ccccc3o2)[C@@H](C)C1. The van der Waals surface area contributed by atoms with Crippen LogP contribution in [0.5, 0.6) is 0 Å². The minimum Gasteiger partial charge on any atom is -0.439 e. The maximum atomic E-state index is 5.81. The summed E-state index contributed by atoms with van der Waals surface area (Å²) in [5.41, 5.74) is 1.84. The van der Waals surface area contributed by atoms with Gasteiger partial charge in [-0.25, -0.2) is 4.98 Å². The van der Waals surface area contributed by atoms with E-state index in [4.69, 9.17) is 4.42 Å². The van der Waals surface area contributed by atoms with E-state index in [1.807, 2.05) is 24.3 Å². The highest BCUT2D eigenvalue weighted by molar-refractivity contribution is 5.72. The first-order chi connectivity index (χ1) is 9.26. The topological polar surface area (TPSA) is 32.5 Å². The highest BCUT2D eigenvalue weighted by Gasteiger charge is 2.24. The number of fused-ring (bicyclic) bond motifs is 1. The highest BCUT2D eigenvalue weighted by Crippen LogP contribution is 2.18. The molecule has 0 aliphatic carbocycles.